The summed E-state index contributed by atoms with van der Waals surface area (Å²) in [6.07, 6.45) is 1.22. The van der Waals surface area contributed by atoms with E-state index in [1.54, 1.807) is 7.11 Å². The molecule has 1 heterocycles. The molecular formula is C16H23N3O3. The van der Waals surface area contributed by atoms with Crippen LogP contribution in [0, 0.1) is 0 Å². The van der Waals surface area contributed by atoms with Crippen molar-refractivity contribution in [1.82, 2.24) is 5.32 Å². The van der Waals surface area contributed by atoms with Gasteiger partial charge in [0.1, 0.15) is 0 Å². The molecule has 22 heavy (non-hydrogen) atoms. The molecule has 2 unspecified atom stereocenters. The lowest BCUT2D eigenvalue weighted by Crippen LogP contribution is -2.33. The van der Waals surface area contributed by atoms with Crippen molar-refractivity contribution in [3.63, 3.8) is 0 Å². The lowest BCUT2D eigenvalue weighted by Gasteiger charge is -2.21. The first kappa shape index (κ1) is 16.5. The van der Waals surface area contributed by atoms with E-state index in [9.17, 15) is 9.59 Å². The zero-order chi connectivity index (χ0) is 16.1. The number of carbonyl (C=O) groups is 2. The van der Waals surface area contributed by atoms with Crippen molar-refractivity contribution < 1.29 is 14.3 Å². The van der Waals surface area contributed by atoms with E-state index in [1.807, 2.05) is 25.1 Å². The number of rotatable bonds is 6. The van der Waals surface area contributed by atoms with Crippen molar-refractivity contribution in [1.29, 1.82) is 0 Å². The Morgan fingerprint density at radius 2 is 2.23 bits per heavy atom. The van der Waals surface area contributed by atoms with Crippen LogP contribution in [-0.2, 0) is 20.7 Å². The second-order valence-corrected chi connectivity index (χ2v) is 5.55. The number of hydrogen-bond acceptors (Lipinski definition) is 4. The summed E-state index contributed by atoms with van der Waals surface area (Å²) < 4.78 is 5.12. The van der Waals surface area contributed by atoms with Gasteiger partial charge in [0.25, 0.3) is 0 Å². The molecule has 0 bridgehead atoms. The maximum absolute atomic E-state index is 12.0. The third-order valence-corrected chi connectivity index (χ3v) is 3.91. The van der Waals surface area contributed by atoms with Crippen LogP contribution in [-0.4, -0.2) is 31.6 Å². The van der Waals surface area contributed by atoms with Crippen LogP contribution in [0.4, 0.5) is 5.69 Å². The quantitative estimate of drug-likeness (QED) is 0.734. The molecule has 6 nitrogen and oxygen atoms in total. The number of methoxy groups -OCH3 is 1. The van der Waals surface area contributed by atoms with Crippen molar-refractivity contribution in [2.24, 2.45) is 5.73 Å². The summed E-state index contributed by atoms with van der Waals surface area (Å²) in [6.45, 7) is 2.25. The van der Waals surface area contributed by atoms with Crippen LogP contribution in [0.5, 0.6) is 0 Å². The molecule has 1 aromatic carbocycles. The third kappa shape index (κ3) is 4.05. The molecule has 2 amide bonds. The largest absolute Gasteiger partial charge is 0.380 e. The molecule has 4 N–H and O–H groups in total. The number of anilines is 1. The van der Waals surface area contributed by atoms with Gasteiger partial charge in [0.15, 0.2) is 0 Å². The Kier molecular flexibility index (Phi) is 5.51. The van der Waals surface area contributed by atoms with Crippen LogP contribution in [0.25, 0.3) is 0 Å². The summed E-state index contributed by atoms with van der Waals surface area (Å²) in [7, 11) is 1.55. The zero-order valence-corrected chi connectivity index (χ0v) is 13.0. The second-order valence-electron chi connectivity index (χ2n) is 5.55. The third-order valence-electron chi connectivity index (χ3n) is 3.91. The van der Waals surface area contributed by atoms with Crippen molar-refractivity contribution in [3.8, 4) is 0 Å². The number of aryl methyl sites for hydroxylation is 1. The first-order valence-corrected chi connectivity index (χ1v) is 7.48. The van der Waals surface area contributed by atoms with Gasteiger partial charge in [-0.25, -0.2) is 0 Å². The summed E-state index contributed by atoms with van der Waals surface area (Å²) in [5, 5.41) is 5.80. The summed E-state index contributed by atoms with van der Waals surface area (Å²) in [5.74, 6) is -0.0372. The molecular weight excluding hydrogens is 282 g/mol. The Balaban J connectivity index is 1.99. The van der Waals surface area contributed by atoms with E-state index < -0.39 is 0 Å². The SMILES string of the molecule is COC(CN)CC(=O)NC(C)c1ccc2c(c1)CCC(=O)N2. The number of fused-ring (bicyclic) bond motifs is 1. The smallest absolute Gasteiger partial charge is 0.224 e. The van der Waals surface area contributed by atoms with Gasteiger partial charge in [-0.15, -0.1) is 0 Å². The van der Waals surface area contributed by atoms with Gasteiger partial charge in [0.05, 0.1) is 18.6 Å². The highest BCUT2D eigenvalue weighted by atomic mass is 16.5. The highest BCUT2D eigenvalue weighted by Crippen LogP contribution is 2.26. The Morgan fingerprint density at radius 1 is 1.45 bits per heavy atom. The zero-order valence-electron chi connectivity index (χ0n) is 13.0. The van der Waals surface area contributed by atoms with E-state index in [1.165, 1.54) is 0 Å². The molecule has 0 radical (unpaired) electrons. The van der Waals surface area contributed by atoms with Gasteiger partial charge < -0.3 is 21.1 Å². The number of ether oxygens (including phenoxy) is 1. The van der Waals surface area contributed by atoms with E-state index in [4.69, 9.17) is 10.5 Å². The van der Waals surface area contributed by atoms with Gasteiger partial charge in [0.2, 0.25) is 11.8 Å². The standard InChI is InChI=1S/C16H23N3O3/c1-10(18-16(21)8-13(9-17)22-2)11-3-5-14-12(7-11)4-6-15(20)19-14/h3,5,7,10,13H,4,6,8-9,17H2,1-2H3,(H,18,21)(H,19,20). The van der Waals surface area contributed by atoms with Crippen LogP contribution in [0.2, 0.25) is 0 Å². The fraction of sp³-hybridized carbons (Fsp3) is 0.500. The lowest BCUT2D eigenvalue weighted by atomic mass is 9.97. The highest BCUT2D eigenvalue weighted by molar-refractivity contribution is 5.93. The Labute approximate surface area is 130 Å². The molecule has 0 aliphatic carbocycles. The monoisotopic (exact) mass is 305 g/mol. The predicted molar refractivity (Wildman–Crippen MR) is 84.4 cm³/mol. The Hall–Kier alpha value is -1.92. The lowest BCUT2D eigenvalue weighted by molar-refractivity contribution is -0.124. The number of carbonyl (C=O) groups excluding carboxylic acids is 2. The highest BCUT2D eigenvalue weighted by Gasteiger charge is 2.18. The maximum Gasteiger partial charge on any atom is 0.224 e. The molecule has 2 atom stereocenters. The molecule has 0 saturated heterocycles. The van der Waals surface area contributed by atoms with Gasteiger partial charge in [-0.3, -0.25) is 9.59 Å². The normalized spacial score (nSPS) is 16.4. The number of nitrogens with one attached hydrogen (secondary N) is 2. The minimum atomic E-state index is -0.258. The van der Waals surface area contributed by atoms with E-state index in [-0.39, 0.29) is 30.4 Å². The van der Waals surface area contributed by atoms with Crippen LogP contribution in [0.1, 0.15) is 36.9 Å². The topological polar surface area (TPSA) is 93.4 Å². The minimum absolute atomic E-state index is 0.0500. The van der Waals surface area contributed by atoms with Gasteiger partial charge in [-0.2, -0.15) is 0 Å². The molecule has 0 spiro atoms. The van der Waals surface area contributed by atoms with Crippen molar-refractivity contribution in [3.05, 3.63) is 29.3 Å². The summed E-state index contributed by atoms with van der Waals surface area (Å²) in [4.78, 5) is 23.3. The molecule has 0 fully saturated rings. The number of amides is 2. The molecule has 2 rings (SSSR count). The van der Waals surface area contributed by atoms with E-state index in [0.29, 0.717) is 13.0 Å². The van der Waals surface area contributed by atoms with Gasteiger partial charge in [-0.1, -0.05) is 12.1 Å². The van der Waals surface area contributed by atoms with Gasteiger partial charge in [-0.05, 0) is 30.5 Å². The fourth-order valence-electron chi connectivity index (χ4n) is 2.53. The fourth-order valence-corrected chi connectivity index (χ4v) is 2.53. The molecule has 1 aliphatic rings. The molecule has 120 valence electrons. The summed E-state index contributed by atoms with van der Waals surface area (Å²) >= 11 is 0. The second kappa shape index (κ2) is 7.38. The van der Waals surface area contributed by atoms with Crippen LogP contribution >= 0.6 is 0 Å². The number of nitrogens with two attached hydrogens (primary N) is 1. The van der Waals surface area contributed by atoms with Crippen molar-refractivity contribution in [2.75, 3.05) is 19.0 Å². The maximum atomic E-state index is 12.0. The van der Waals surface area contributed by atoms with Crippen LogP contribution < -0.4 is 16.4 Å². The molecule has 1 aliphatic heterocycles. The summed E-state index contributed by atoms with van der Waals surface area (Å²) in [5.41, 5.74) is 8.51. The van der Waals surface area contributed by atoms with E-state index in [2.05, 4.69) is 10.6 Å². The Morgan fingerprint density at radius 3 is 2.91 bits per heavy atom. The summed E-state index contributed by atoms with van der Waals surface area (Å²) in [6, 6.07) is 5.75. The van der Waals surface area contributed by atoms with E-state index in [0.717, 1.165) is 23.2 Å². The first-order valence-electron chi connectivity index (χ1n) is 7.48. The van der Waals surface area contributed by atoms with E-state index >= 15 is 0 Å². The molecule has 0 aromatic heterocycles. The van der Waals surface area contributed by atoms with Crippen LogP contribution in [0.3, 0.4) is 0 Å². The Bertz CT molecular complexity index is 556. The van der Waals surface area contributed by atoms with Gasteiger partial charge in [0, 0.05) is 25.8 Å². The predicted octanol–water partition coefficient (Wildman–Crippen LogP) is 1.11. The first-order chi connectivity index (χ1) is 10.5. The molecule has 0 saturated carbocycles. The van der Waals surface area contributed by atoms with Gasteiger partial charge >= 0.3 is 0 Å². The van der Waals surface area contributed by atoms with Crippen LogP contribution in [0.15, 0.2) is 18.2 Å². The average Bonchev–Trinajstić information content (AvgIpc) is 2.51. The van der Waals surface area contributed by atoms with Crippen molar-refractivity contribution >= 4 is 17.5 Å². The number of hydrogen-bond donors (Lipinski definition) is 3. The molecule has 1 aromatic rings. The molecule has 6 heteroatoms. The number of benzene rings is 1. The van der Waals surface area contributed by atoms with Crippen molar-refractivity contribution in [2.45, 2.75) is 38.3 Å². The average molecular weight is 305 g/mol. The minimum Gasteiger partial charge on any atom is -0.380 e.